The molecule has 2 aromatic rings. The molecule has 5 rings (SSSR count). The van der Waals surface area contributed by atoms with Crippen LogP contribution in [-0.2, 0) is 20.9 Å². The summed E-state index contributed by atoms with van der Waals surface area (Å²) in [5, 5.41) is 7.82. The van der Waals surface area contributed by atoms with Crippen LogP contribution in [0.2, 0.25) is 0 Å². The van der Waals surface area contributed by atoms with Crippen molar-refractivity contribution < 1.29 is 33.4 Å². The maximum Gasteiger partial charge on any atom is 0.407 e. The van der Waals surface area contributed by atoms with Crippen molar-refractivity contribution in [3.63, 3.8) is 0 Å². The van der Waals surface area contributed by atoms with E-state index in [2.05, 4.69) is 20.9 Å². The van der Waals surface area contributed by atoms with Gasteiger partial charge in [-0.05, 0) is 63.1 Å². The van der Waals surface area contributed by atoms with Crippen LogP contribution in [-0.4, -0.2) is 63.4 Å². The number of carbonyl (C=O) groups excluding carboxylic acids is 5. The molecule has 40 heavy (non-hydrogen) atoms. The quantitative estimate of drug-likeness (QED) is 0.464. The number of alkyl carbamates (subject to hydrolysis) is 1. The van der Waals surface area contributed by atoms with E-state index in [1.807, 2.05) is 20.8 Å². The van der Waals surface area contributed by atoms with Crippen molar-refractivity contribution >= 4 is 35.4 Å². The standard InChI is InChI=1S/C28H31N5O7/c1-28(2,3)32-27(38)40-19-11-18(12-19)39-17-5-7-21(29-13-17)24(35)30-16-4-6-20-15(10-16)14-33(26(20)37)22-8-9-23(34)31-25(22)36/h4-7,10,13,18-19,22H,8-9,11-12,14H2,1-3H3,(H,30,35)(H,32,38)(H,31,34,36). The van der Waals surface area contributed by atoms with Gasteiger partial charge in [-0.3, -0.25) is 24.5 Å². The second-order valence-corrected chi connectivity index (χ2v) is 11.2. The van der Waals surface area contributed by atoms with E-state index in [0.29, 0.717) is 35.4 Å². The van der Waals surface area contributed by atoms with Crippen LogP contribution in [0, 0.1) is 0 Å². The van der Waals surface area contributed by atoms with Gasteiger partial charge >= 0.3 is 6.09 Å². The van der Waals surface area contributed by atoms with Gasteiger partial charge in [-0.25, -0.2) is 9.78 Å². The minimum absolute atomic E-state index is 0.109. The first-order chi connectivity index (χ1) is 18.9. The van der Waals surface area contributed by atoms with Crippen LogP contribution in [0.5, 0.6) is 5.75 Å². The van der Waals surface area contributed by atoms with Gasteiger partial charge in [0, 0.05) is 42.6 Å². The fourth-order valence-electron chi connectivity index (χ4n) is 4.82. The Morgan fingerprint density at radius 2 is 1.85 bits per heavy atom. The van der Waals surface area contributed by atoms with E-state index in [9.17, 15) is 24.0 Å². The number of fused-ring (bicyclic) bond motifs is 1. The first kappa shape index (κ1) is 27.1. The predicted molar refractivity (Wildman–Crippen MR) is 141 cm³/mol. The summed E-state index contributed by atoms with van der Waals surface area (Å²) in [6.07, 6.45) is 2.31. The molecule has 1 atom stereocenters. The molecule has 12 nitrogen and oxygen atoms in total. The number of piperidine rings is 1. The van der Waals surface area contributed by atoms with Crippen molar-refractivity contribution in [1.82, 2.24) is 20.5 Å². The highest BCUT2D eigenvalue weighted by atomic mass is 16.6. The van der Waals surface area contributed by atoms with E-state index in [-0.39, 0.29) is 54.6 Å². The number of nitrogens with zero attached hydrogens (tertiary/aromatic N) is 2. The third-order valence-electron chi connectivity index (χ3n) is 6.86. The first-order valence-electron chi connectivity index (χ1n) is 13.2. The number of ether oxygens (including phenoxy) is 2. The average Bonchev–Trinajstić information content (AvgIpc) is 3.17. The number of rotatable bonds is 6. The number of pyridine rings is 1. The van der Waals surface area contributed by atoms with Gasteiger partial charge in [0.05, 0.1) is 6.20 Å². The summed E-state index contributed by atoms with van der Waals surface area (Å²) in [6.45, 7) is 5.85. The normalized spacial score (nSPS) is 22.1. The summed E-state index contributed by atoms with van der Waals surface area (Å²) in [5.74, 6) is -1.02. The molecule has 5 amide bonds. The molecular formula is C28H31N5O7. The van der Waals surface area contributed by atoms with Crippen LogP contribution in [0.3, 0.4) is 0 Å². The Morgan fingerprint density at radius 1 is 1.07 bits per heavy atom. The number of hydrogen-bond donors (Lipinski definition) is 3. The van der Waals surface area contributed by atoms with Crippen LogP contribution in [0.25, 0.3) is 0 Å². The molecule has 12 heteroatoms. The minimum Gasteiger partial charge on any atom is -0.489 e. The predicted octanol–water partition coefficient (Wildman–Crippen LogP) is 2.53. The molecule has 1 saturated carbocycles. The molecule has 3 heterocycles. The molecule has 1 aromatic heterocycles. The van der Waals surface area contributed by atoms with Gasteiger partial charge in [0.25, 0.3) is 11.8 Å². The highest BCUT2D eigenvalue weighted by molar-refractivity contribution is 6.06. The largest absolute Gasteiger partial charge is 0.489 e. The van der Waals surface area contributed by atoms with Gasteiger partial charge in [-0.15, -0.1) is 0 Å². The number of imide groups is 1. The Morgan fingerprint density at radius 3 is 2.52 bits per heavy atom. The van der Waals surface area contributed by atoms with E-state index in [1.165, 1.54) is 11.1 Å². The lowest BCUT2D eigenvalue weighted by Gasteiger charge is -2.35. The highest BCUT2D eigenvalue weighted by Gasteiger charge is 2.39. The summed E-state index contributed by atoms with van der Waals surface area (Å²) in [5.41, 5.74) is 1.45. The van der Waals surface area contributed by atoms with Gasteiger partial charge in [0.1, 0.15) is 29.7 Å². The van der Waals surface area contributed by atoms with Gasteiger partial charge in [-0.2, -0.15) is 0 Å². The molecule has 1 saturated heterocycles. The van der Waals surface area contributed by atoms with Gasteiger partial charge in [0.2, 0.25) is 11.8 Å². The zero-order valence-electron chi connectivity index (χ0n) is 22.5. The maximum atomic E-state index is 12.9. The van der Waals surface area contributed by atoms with E-state index < -0.39 is 23.9 Å². The van der Waals surface area contributed by atoms with Crippen molar-refractivity contribution in [1.29, 1.82) is 0 Å². The molecule has 210 valence electrons. The van der Waals surface area contributed by atoms with Crippen LogP contribution < -0.4 is 20.7 Å². The van der Waals surface area contributed by atoms with E-state index >= 15 is 0 Å². The third kappa shape index (κ3) is 6.05. The van der Waals surface area contributed by atoms with Crippen molar-refractivity contribution in [2.75, 3.05) is 5.32 Å². The van der Waals surface area contributed by atoms with E-state index in [1.54, 1.807) is 30.3 Å². The average molecular weight is 550 g/mol. The SMILES string of the molecule is CC(C)(C)NC(=O)OC1CC(Oc2ccc(C(=O)Nc3ccc4c(c3)CN(C3CCC(=O)NC3=O)C4=O)nc2)C1. The lowest BCUT2D eigenvalue weighted by Crippen LogP contribution is -2.52. The number of anilines is 1. The molecule has 3 N–H and O–H groups in total. The Hall–Kier alpha value is -4.48. The number of amides is 5. The monoisotopic (exact) mass is 549 g/mol. The Bertz CT molecular complexity index is 1360. The summed E-state index contributed by atoms with van der Waals surface area (Å²) in [4.78, 5) is 66.8. The fraction of sp³-hybridized carbons (Fsp3) is 0.429. The second kappa shape index (κ2) is 10.6. The molecule has 1 aliphatic carbocycles. The topological polar surface area (TPSA) is 156 Å². The molecule has 0 radical (unpaired) electrons. The third-order valence-corrected chi connectivity index (χ3v) is 6.86. The van der Waals surface area contributed by atoms with Crippen molar-refractivity contribution in [2.24, 2.45) is 0 Å². The molecule has 2 aliphatic heterocycles. The molecule has 1 unspecified atom stereocenters. The fourth-order valence-corrected chi connectivity index (χ4v) is 4.82. The molecule has 3 aliphatic rings. The second-order valence-electron chi connectivity index (χ2n) is 11.2. The smallest absolute Gasteiger partial charge is 0.407 e. The van der Waals surface area contributed by atoms with Crippen molar-refractivity contribution in [3.05, 3.63) is 53.3 Å². The van der Waals surface area contributed by atoms with E-state index in [4.69, 9.17) is 9.47 Å². The zero-order chi connectivity index (χ0) is 28.6. The van der Waals surface area contributed by atoms with Crippen LogP contribution in [0.4, 0.5) is 10.5 Å². The Labute approximate surface area is 230 Å². The summed E-state index contributed by atoms with van der Waals surface area (Å²) >= 11 is 0. The summed E-state index contributed by atoms with van der Waals surface area (Å²) in [6, 6.07) is 7.44. The number of aromatic nitrogens is 1. The Kier molecular flexibility index (Phi) is 7.17. The van der Waals surface area contributed by atoms with Crippen LogP contribution in [0.15, 0.2) is 36.5 Å². The van der Waals surface area contributed by atoms with Gasteiger partial charge < -0.3 is 25.0 Å². The lowest BCUT2D eigenvalue weighted by atomic mass is 9.92. The lowest BCUT2D eigenvalue weighted by molar-refractivity contribution is -0.136. The molecule has 1 aromatic carbocycles. The minimum atomic E-state index is -0.702. The van der Waals surface area contributed by atoms with Crippen molar-refractivity contribution in [3.8, 4) is 5.75 Å². The molecule has 0 bridgehead atoms. The number of carbonyl (C=O) groups is 5. The zero-order valence-corrected chi connectivity index (χ0v) is 22.5. The number of nitrogens with one attached hydrogen (secondary N) is 3. The first-order valence-corrected chi connectivity index (χ1v) is 13.2. The number of hydrogen-bond acceptors (Lipinski definition) is 8. The van der Waals surface area contributed by atoms with Gasteiger partial charge in [-0.1, -0.05) is 0 Å². The highest BCUT2D eigenvalue weighted by Crippen LogP contribution is 2.30. The number of benzene rings is 1. The Balaban J connectivity index is 1.12. The van der Waals surface area contributed by atoms with Gasteiger partial charge in [0.15, 0.2) is 0 Å². The van der Waals surface area contributed by atoms with Crippen LogP contribution >= 0.6 is 0 Å². The maximum absolute atomic E-state index is 12.9. The molecular weight excluding hydrogens is 518 g/mol. The van der Waals surface area contributed by atoms with E-state index in [0.717, 1.165) is 0 Å². The summed E-state index contributed by atoms with van der Waals surface area (Å²) < 4.78 is 11.2. The van der Waals surface area contributed by atoms with Crippen LogP contribution in [0.1, 0.15) is 72.9 Å². The van der Waals surface area contributed by atoms with Crippen molar-refractivity contribution in [2.45, 2.75) is 76.8 Å². The summed E-state index contributed by atoms with van der Waals surface area (Å²) in [7, 11) is 0. The molecule has 2 fully saturated rings. The molecule has 0 spiro atoms.